The van der Waals surface area contributed by atoms with Gasteiger partial charge in [-0.15, -0.1) is 0 Å². The topological polar surface area (TPSA) is 297 Å². The molecule has 9 N–H and O–H groups in total. The standard InChI is InChI=1S/C58H64F3N10O11P/c59-50-36(11-14-40-41(50)31-70(56(40)78)46-18-20-49(73)66-54(46)76)30-68-24-21-33(22-25-68)29-69-26-23-39-13-17-47(55(77)64-43(16-19-48(62)72)52(74)67-51(34-7-3-1-4-8-34)35-9-5-2-6-10-35)71(39)57(79)45(32-69)65-53(75)44-28-37-27-38(12-15-42(37)63-44)58(60,61)83(80,81)82/h1-12,14-15,27-28,33,39,43,45-47,51,63H,13,16-26,29-32H2,(H2,62,72)(H,64,77)(H,65,75)(H,67,74)(H,66,73,76)(H2,80,81,82)/t39-,43+,45+,46?,47+/m1/s1. The number of amides is 8. The van der Waals surface area contributed by atoms with Crippen LogP contribution in [-0.2, 0) is 52.1 Å². The normalized spacial score (nSPS) is 21.5. The van der Waals surface area contributed by atoms with Crippen LogP contribution in [0.25, 0.3) is 10.9 Å². The molecule has 4 fully saturated rings. The monoisotopic (exact) mass is 1160 g/mol. The van der Waals surface area contributed by atoms with Gasteiger partial charge in [0.1, 0.15) is 35.7 Å². The number of hydrogen-bond acceptors (Lipinski definition) is 11. The fourth-order valence-electron chi connectivity index (χ4n) is 12.2. The smallest absolute Gasteiger partial charge is 0.370 e. The van der Waals surface area contributed by atoms with Gasteiger partial charge in [-0.25, -0.2) is 4.39 Å². The van der Waals surface area contributed by atoms with Crippen LogP contribution in [0.1, 0.15) is 112 Å². The molecule has 1 aromatic heterocycles. The Morgan fingerprint density at radius 3 is 2.17 bits per heavy atom. The van der Waals surface area contributed by atoms with Crippen LogP contribution in [0.5, 0.6) is 0 Å². The quantitative estimate of drug-likeness (QED) is 0.0455. The van der Waals surface area contributed by atoms with Crippen molar-refractivity contribution in [2.45, 2.75) is 113 Å². The zero-order chi connectivity index (χ0) is 58.9. The van der Waals surface area contributed by atoms with Gasteiger partial charge in [0, 0.05) is 78.2 Å². The van der Waals surface area contributed by atoms with Crippen molar-refractivity contribution in [2.24, 2.45) is 11.7 Å². The number of imide groups is 1. The summed E-state index contributed by atoms with van der Waals surface area (Å²) in [6.07, 6.45) is 2.24. The molecule has 438 valence electrons. The highest BCUT2D eigenvalue weighted by atomic mass is 31.2. The Labute approximate surface area is 475 Å². The molecule has 4 saturated heterocycles. The number of carbonyl (C=O) groups is 8. The van der Waals surface area contributed by atoms with Crippen molar-refractivity contribution < 1.29 is 65.9 Å². The predicted octanol–water partition coefficient (Wildman–Crippen LogP) is 4.03. The number of primary amides is 1. The number of benzene rings is 4. The lowest BCUT2D eigenvalue weighted by Gasteiger charge is -2.40. The van der Waals surface area contributed by atoms with Crippen molar-refractivity contribution in [3.05, 3.63) is 142 Å². The van der Waals surface area contributed by atoms with E-state index < -0.39 is 108 Å². The first-order chi connectivity index (χ1) is 39.6. The van der Waals surface area contributed by atoms with E-state index >= 15 is 9.18 Å². The fourth-order valence-corrected chi connectivity index (χ4v) is 12.7. The molecule has 5 aliphatic heterocycles. The molecule has 6 heterocycles. The summed E-state index contributed by atoms with van der Waals surface area (Å²) in [4.78, 5) is 137. The Morgan fingerprint density at radius 1 is 0.819 bits per heavy atom. The Bertz CT molecular complexity index is 3360. The maximum Gasteiger partial charge on any atom is 0.399 e. The number of aromatic amines is 1. The van der Waals surface area contributed by atoms with Crippen LogP contribution in [0.15, 0.2) is 97.1 Å². The van der Waals surface area contributed by atoms with Crippen LogP contribution in [-0.4, -0.2) is 145 Å². The molecule has 5 aromatic rings. The molecule has 0 spiro atoms. The molecular weight excluding hydrogens is 1100 g/mol. The molecule has 25 heteroatoms. The highest BCUT2D eigenvalue weighted by molar-refractivity contribution is 7.52. The summed E-state index contributed by atoms with van der Waals surface area (Å²) in [5, 5.41) is 11.0. The number of halogens is 3. The van der Waals surface area contributed by atoms with Crippen molar-refractivity contribution in [1.82, 2.24) is 45.9 Å². The Balaban J connectivity index is 0.847. The van der Waals surface area contributed by atoms with Gasteiger partial charge in [0.2, 0.25) is 35.4 Å². The highest BCUT2D eigenvalue weighted by Crippen LogP contribution is 2.59. The second-order valence-corrected chi connectivity index (χ2v) is 23.8. The number of carbonyl (C=O) groups excluding carboxylic acids is 8. The van der Waals surface area contributed by atoms with Gasteiger partial charge in [-0.3, -0.25) is 53.1 Å². The molecule has 0 aliphatic carbocycles. The maximum absolute atomic E-state index is 16.2. The molecule has 83 heavy (non-hydrogen) atoms. The van der Waals surface area contributed by atoms with Crippen LogP contribution in [0.4, 0.5) is 13.2 Å². The summed E-state index contributed by atoms with van der Waals surface area (Å²) < 4.78 is 57.5. The molecule has 21 nitrogen and oxygen atoms in total. The highest BCUT2D eigenvalue weighted by Gasteiger charge is 2.51. The number of hydrogen-bond donors (Lipinski definition) is 8. The van der Waals surface area contributed by atoms with E-state index in [2.05, 4.69) is 36.1 Å². The summed E-state index contributed by atoms with van der Waals surface area (Å²) in [6, 6.07) is 20.0. The first-order valence-electron chi connectivity index (χ1n) is 27.7. The Kier molecular flexibility index (Phi) is 17.0. The molecule has 5 atom stereocenters. The van der Waals surface area contributed by atoms with Gasteiger partial charge in [0.15, 0.2) is 0 Å². The fraction of sp³-hybridized carbons (Fsp3) is 0.414. The van der Waals surface area contributed by atoms with Crippen LogP contribution in [0, 0.1) is 11.7 Å². The largest absolute Gasteiger partial charge is 0.399 e. The summed E-state index contributed by atoms with van der Waals surface area (Å²) in [7, 11) is -5.92. The average Bonchev–Trinajstić information content (AvgIpc) is 4.42. The second kappa shape index (κ2) is 24.2. The summed E-state index contributed by atoms with van der Waals surface area (Å²) in [5.41, 5.74) is 2.40. The van der Waals surface area contributed by atoms with Crippen molar-refractivity contribution in [3.63, 3.8) is 0 Å². The summed E-state index contributed by atoms with van der Waals surface area (Å²) >= 11 is 0. The van der Waals surface area contributed by atoms with Crippen molar-refractivity contribution in [1.29, 1.82) is 0 Å². The molecule has 5 aliphatic rings. The molecule has 8 amide bonds. The molecule has 0 saturated carbocycles. The van der Waals surface area contributed by atoms with Gasteiger partial charge in [0.25, 0.3) is 11.8 Å². The number of likely N-dealkylation sites (tertiary alicyclic amines) is 1. The number of nitrogens with zero attached hydrogens (tertiary/aromatic N) is 4. The van der Waals surface area contributed by atoms with Gasteiger partial charge in [-0.1, -0.05) is 72.8 Å². The van der Waals surface area contributed by atoms with Crippen molar-refractivity contribution in [3.8, 4) is 0 Å². The number of nitrogens with one attached hydrogen (secondary N) is 5. The number of nitrogens with two attached hydrogens (primary N) is 1. The lowest BCUT2D eigenvalue weighted by atomic mass is 9.94. The van der Waals surface area contributed by atoms with E-state index in [0.29, 0.717) is 57.4 Å². The van der Waals surface area contributed by atoms with E-state index in [4.69, 9.17) is 5.73 Å². The minimum atomic E-state index is -5.92. The molecular formula is C58H64F3N10O11P. The first-order valence-corrected chi connectivity index (χ1v) is 29.3. The van der Waals surface area contributed by atoms with E-state index in [9.17, 15) is 56.7 Å². The average molecular weight is 1170 g/mol. The minimum Gasteiger partial charge on any atom is -0.370 e. The summed E-state index contributed by atoms with van der Waals surface area (Å²) in [5.74, 6) is -5.25. The number of rotatable bonds is 18. The number of alkyl halides is 2. The van der Waals surface area contributed by atoms with E-state index in [1.54, 1.807) is 12.1 Å². The Morgan fingerprint density at radius 2 is 1.51 bits per heavy atom. The third-order valence-electron chi connectivity index (χ3n) is 16.7. The Hall–Kier alpha value is -7.76. The van der Waals surface area contributed by atoms with Gasteiger partial charge < -0.3 is 51.2 Å². The molecule has 10 rings (SSSR count). The third-order valence-corrected chi connectivity index (χ3v) is 17.7. The zero-order valence-electron chi connectivity index (χ0n) is 45.1. The van der Waals surface area contributed by atoms with Gasteiger partial charge in [-0.2, -0.15) is 8.78 Å². The predicted molar refractivity (Wildman–Crippen MR) is 294 cm³/mol. The van der Waals surface area contributed by atoms with Crippen LogP contribution in [0.2, 0.25) is 0 Å². The maximum atomic E-state index is 16.2. The van der Waals surface area contributed by atoms with E-state index in [1.165, 1.54) is 15.9 Å². The molecule has 1 unspecified atom stereocenters. The van der Waals surface area contributed by atoms with Gasteiger partial charge >= 0.3 is 13.3 Å². The number of fused-ring (bicyclic) bond motifs is 3. The van der Waals surface area contributed by atoms with E-state index in [1.807, 2.05) is 60.7 Å². The van der Waals surface area contributed by atoms with E-state index in [0.717, 1.165) is 29.3 Å². The zero-order valence-corrected chi connectivity index (χ0v) is 46.0. The first kappa shape index (κ1) is 58.4. The number of H-pyrrole nitrogens is 1. The number of aromatic nitrogens is 1. The van der Waals surface area contributed by atoms with Crippen LogP contribution in [0.3, 0.4) is 0 Å². The van der Waals surface area contributed by atoms with Crippen LogP contribution >= 0.6 is 7.60 Å². The van der Waals surface area contributed by atoms with Crippen LogP contribution < -0.4 is 27.0 Å². The lowest BCUT2D eigenvalue weighted by molar-refractivity contribution is -0.144. The molecule has 0 radical (unpaired) electrons. The SMILES string of the molecule is NC(=O)CC[C@H](NC(=O)[C@@H]1CC[C@@H]2CCN(CC3CCN(Cc4ccc5c(c4F)CN(C4CCC(=O)NC4=O)C5=O)CC3)C[C@H](NC(=O)c3cc4cc(C(F)(F)P(=O)(O)O)ccc4[nH]3)C(=O)N21)C(=O)NC(c1ccccc1)c1ccccc1. The van der Waals surface area contributed by atoms with E-state index in [-0.39, 0.29) is 85.4 Å². The second-order valence-electron chi connectivity index (χ2n) is 22.2. The van der Waals surface area contributed by atoms with Gasteiger partial charge in [0.05, 0.1) is 12.6 Å². The third kappa shape index (κ3) is 12.6. The minimum absolute atomic E-state index is 0.0138. The molecule has 4 aromatic carbocycles. The van der Waals surface area contributed by atoms with Gasteiger partial charge in [-0.05, 0) is 99.3 Å². The summed E-state index contributed by atoms with van der Waals surface area (Å²) in [6.45, 7) is 2.27. The number of piperidine rings is 2. The van der Waals surface area contributed by atoms with Crippen molar-refractivity contribution >= 4 is 65.8 Å². The lowest BCUT2D eigenvalue weighted by Crippen LogP contribution is -2.61. The van der Waals surface area contributed by atoms with Crippen molar-refractivity contribution in [2.75, 3.05) is 32.7 Å². The molecule has 0 bridgehead atoms.